The summed E-state index contributed by atoms with van der Waals surface area (Å²) in [5, 5.41) is 9.80. The lowest BCUT2D eigenvalue weighted by Crippen LogP contribution is -2.25. The monoisotopic (exact) mass is 268 g/mol. The first-order valence-corrected chi connectivity index (χ1v) is 8.11. The highest BCUT2D eigenvalue weighted by Crippen LogP contribution is 2.21. The minimum Gasteiger partial charge on any atom is -0.306 e. The fraction of sp³-hybridized carbons (Fsp3) is 0.846. The molecule has 0 bridgehead atoms. The largest absolute Gasteiger partial charge is 0.306 e. The van der Waals surface area contributed by atoms with Gasteiger partial charge in [0.25, 0.3) is 0 Å². The Morgan fingerprint density at radius 1 is 1.17 bits per heavy atom. The van der Waals surface area contributed by atoms with Crippen molar-refractivity contribution in [3.63, 3.8) is 0 Å². The molecule has 0 saturated heterocycles. The summed E-state index contributed by atoms with van der Waals surface area (Å²) in [5.74, 6) is 2.30. The lowest BCUT2D eigenvalue weighted by molar-refractivity contribution is 0.323. The number of hydrogen-bond donors (Lipinski definition) is 0. The van der Waals surface area contributed by atoms with Crippen LogP contribution < -0.4 is 0 Å². The first-order valence-electron chi connectivity index (χ1n) is 7.12. The molecule has 0 radical (unpaired) electrons. The standard InChI is InChI=1S/C13H24N4S/c1-3-16(4-2)10-11-18-13-15-14-12-8-6-5-7-9-17(12)13/h3-11H2,1-2H3. The molecule has 0 saturated carbocycles. The Morgan fingerprint density at radius 2 is 2.00 bits per heavy atom. The summed E-state index contributed by atoms with van der Waals surface area (Å²) in [7, 11) is 0. The zero-order valence-electron chi connectivity index (χ0n) is 11.6. The minimum atomic E-state index is 1.10. The quantitative estimate of drug-likeness (QED) is 0.742. The van der Waals surface area contributed by atoms with E-state index in [0.29, 0.717) is 0 Å². The summed E-state index contributed by atoms with van der Waals surface area (Å²) >= 11 is 1.86. The molecule has 0 amide bonds. The Bertz CT molecular complexity index is 360. The van der Waals surface area contributed by atoms with Gasteiger partial charge in [-0.2, -0.15) is 0 Å². The van der Waals surface area contributed by atoms with Crippen molar-refractivity contribution in [3.8, 4) is 0 Å². The molecule has 0 atom stereocenters. The van der Waals surface area contributed by atoms with Crippen molar-refractivity contribution < 1.29 is 0 Å². The molecular formula is C13H24N4S. The van der Waals surface area contributed by atoms with Crippen LogP contribution in [0.15, 0.2) is 5.16 Å². The van der Waals surface area contributed by atoms with Gasteiger partial charge in [0, 0.05) is 25.3 Å². The van der Waals surface area contributed by atoms with Crippen LogP contribution in [0.25, 0.3) is 0 Å². The fourth-order valence-electron chi connectivity index (χ4n) is 2.37. The van der Waals surface area contributed by atoms with Crippen LogP contribution in [0.3, 0.4) is 0 Å². The Hall–Kier alpha value is -0.550. The predicted molar refractivity (Wildman–Crippen MR) is 76.1 cm³/mol. The molecule has 102 valence electrons. The van der Waals surface area contributed by atoms with Gasteiger partial charge >= 0.3 is 0 Å². The molecular weight excluding hydrogens is 244 g/mol. The molecule has 1 aliphatic heterocycles. The average Bonchev–Trinajstić information content (AvgIpc) is 2.63. The van der Waals surface area contributed by atoms with Crippen molar-refractivity contribution in [2.24, 2.45) is 0 Å². The van der Waals surface area contributed by atoms with Gasteiger partial charge in [-0.05, 0) is 25.9 Å². The highest BCUT2D eigenvalue weighted by atomic mass is 32.2. The molecule has 0 fully saturated rings. The van der Waals surface area contributed by atoms with Crippen LogP contribution in [0.4, 0.5) is 0 Å². The molecule has 5 heteroatoms. The average molecular weight is 268 g/mol. The number of nitrogens with zero attached hydrogens (tertiary/aromatic N) is 4. The number of aromatic nitrogens is 3. The molecule has 0 aliphatic carbocycles. The lowest BCUT2D eigenvalue weighted by atomic mass is 10.2. The van der Waals surface area contributed by atoms with Crippen LogP contribution in [-0.4, -0.2) is 45.1 Å². The first kappa shape index (κ1) is 13.9. The van der Waals surface area contributed by atoms with Crippen LogP contribution in [0.1, 0.15) is 38.9 Å². The molecule has 2 rings (SSSR count). The van der Waals surface area contributed by atoms with Crippen molar-refractivity contribution in [1.82, 2.24) is 19.7 Å². The van der Waals surface area contributed by atoms with Crippen molar-refractivity contribution in [2.75, 3.05) is 25.4 Å². The molecule has 0 N–H and O–H groups in total. The minimum absolute atomic E-state index is 1.10. The van der Waals surface area contributed by atoms with Gasteiger partial charge in [-0.15, -0.1) is 10.2 Å². The molecule has 4 nitrogen and oxygen atoms in total. The third-order valence-electron chi connectivity index (χ3n) is 3.61. The maximum absolute atomic E-state index is 4.35. The van der Waals surface area contributed by atoms with Crippen LogP contribution in [0.5, 0.6) is 0 Å². The van der Waals surface area contributed by atoms with E-state index >= 15 is 0 Å². The third kappa shape index (κ3) is 3.48. The lowest BCUT2D eigenvalue weighted by Gasteiger charge is -2.17. The Labute approximate surface area is 114 Å². The zero-order valence-corrected chi connectivity index (χ0v) is 12.4. The third-order valence-corrected chi connectivity index (χ3v) is 4.56. The summed E-state index contributed by atoms with van der Waals surface area (Å²) in [6.07, 6.45) is 4.97. The summed E-state index contributed by atoms with van der Waals surface area (Å²) in [6, 6.07) is 0. The van der Waals surface area contributed by atoms with Crippen LogP contribution >= 0.6 is 11.8 Å². The van der Waals surface area contributed by atoms with E-state index in [4.69, 9.17) is 0 Å². The molecule has 1 aromatic heterocycles. The van der Waals surface area contributed by atoms with Gasteiger partial charge in [-0.25, -0.2) is 0 Å². The van der Waals surface area contributed by atoms with Gasteiger partial charge in [-0.1, -0.05) is 32.0 Å². The molecule has 0 unspecified atom stereocenters. The second-order valence-electron chi connectivity index (χ2n) is 4.74. The maximum atomic E-state index is 4.35. The Morgan fingerprint density at radius 3 is 2.78 bits per heavy atom. The van der Waals surface area contributed by atoms with E-state index in [-0.39, 0.29) is 0 Å². The van der Waals surface area contributed by atoms with E-state index in [1.165, 1.54) is 25.1 Å². The van der Waals surface area contributed by atoms with E-state index in [1.54, 1.807) is 0 Å². The number of aryl methyl sites for hydroxylation is 1. The van der Waals surface area contributed by atoms with Gasteiger partial charge in [0.2, 0.25) is 0 Å². The predicted octanol–water partition coefficient (Wildman–Crippen LogP) is 2.44. The number of thioether (sulfide) groups is 1. The molecule has 1 aromatic rings. The molecule has 0 aromatic carbocycles. The van der Waals surface area contributed by atoms with Crippen LogP contribution in [0.2, 0.25) is 0 Å². The zero-order chi connectivity index (χ0) is 12.8. The smallest absolute Gasteiger partial charge is 0.191 e. The van der Waals surface area contributed by atoms with E-state index < -0.39 is 0 Å². The Balaban J connectivity index is 1.88. The second-order valence-corrected chi connectivity index (χ2v) is 5.80. The van der Waals surface area contributed by atoms with Gasteiger partial charge in [0.05, 0.1) is 0 Å². The summed E-state index contributed by atoms with van der Waals surface area (Å²) in [6.45, 7) is 8.95. The highest BCUT2D eigenvalue weighted by Gasteiger charge is 2.14. The van der Waals surface area contributed by atoms with Gasteiger partial charge in [-0.3, -0.25) is 0 Å². The number of hydrogen-bond acceptors (Lipinski definition) is 4. The maximum Gasteiger partial charge on any atom is 0.191 e. The van der Waals surface area contributed by atoms with E-state index in [2.05, 4.69) is 33.5 Å². The van der Waals surface area contributed by atoms with Crippen molar-refractivity contribution in [2.45, 2.75) is 51.2 Å². The normalized spacial score (nSPS) is 15.7. The van der Waals surface area contributed by atoms with Crippen LogP contribution in [-0.2, 0) is 13.0 Å². The van der Waals surface area contributed by atoms with Gasteiger partial charge < -0.3 is 9.47 Å². The van der Waals surface area contributed by atoms with Crippen molar-refractivity contribution in [3.05, 3.63) is 5.82 Å². The van der Waals surface area contributed by atoms with E-state index in [9.17, 15) is 0 Å². The number of rotatable bonds is 6. The molecule has 2 heterocycles. The molecule has 1 aliphatic rings. The van der Waals surface area contributed by atoms with Gasteiger partial charge in [0.1, 0.15) is 5.82 Å². The fourth-order valence-corrected chi connectivity index (χ4v) is 3.35. The summed E-state index contributed by atoms with van der Waals surface area (Å²) < 4.78 is 2.33. The number of fused-ring (bicyclic) bond motifs is 1. The highest BCUT2D eigenvalue weighted by molar-refractivity contribution is 7.99. The summed E-state index contributed by atoms with van der Waals surface area (Å²) in [4.78, 5) is 2.45. The van der Waals surface area contributed by atoms with Crippen LogP contribution in [0, 0.1) is 0 Å². The second kappa shape index (κ2) is 7.14. The van der Waals surface area contributed by atoms with E-state index in [1.807, 2.05) is 11.8 Å². The topological polar surface area (TPSA) is 34.0 Å². The van der Waals surface area contributed by atoms with Gasteiger partial charge in [0.15, 0.2) is 5.16 Å². The van der Waals surface area contributed by atoms with E-state index in [0.717, 1.165) is 43.5 Å². The summed E-state index contributed by atoms with van der Waals surface area (Å²) in [5.41, 5.74) is 0. The SMILES string of the molecule is CCN(CC)CCSc1nnc2n1CCCCC2. The Kier molecular flexibility index (Phi) is 5.50. The van der Waals surface area contributed by atoms with Crippen molar-refractivity contribution in [1.29, 1.82) is 0 Å². The molecule has 18 heavy (non-hydrogen) atoms. The molecule has 0 spiro atoms. The van der Waals surface area contributed by atoms with Crippen molar-refractivity contribution >= 4 is 11.8 Å². The first-order chi connectivity index (χ1) is 8.85.